The molecule has 1 fully saturated rings. The number of ether oxygens (including phenoxy) is 1. The summed E-state index contributed by atoms with van der Waals surface area (Å²) in [5.74, 6) is 0.0333. The number of carbonyl (C=O) groups is 2. The van der Waals surface area contributed by atoms with Gasteiger partial charge in [0, 0.05) is 18.3 Å². The Bertz CT molecular complexity index is 460. The minimum Gasteiger partial charge on any atom is -0.462 e. The highest BCUT2D eigenvalue weighted by atomic mass is 79.9. The lowest BCUT2D eigenvalue weighted by molar-refractivity contribution is -0.117. The number of hydrogen-bond acceptors (Lipinski definition) is 4. The predicted octanol–water partition coefficient (Wildman–Crippen LogP) is 2.67. The molecule has 1 unspecified atom stereocenters. The van der Waals surface area contributed by atoms with E-state index in [1.165, 1.54) is 11.3 Å². The average molecular weight is 332 g/mol. The molecule has 1 aliphatic rings. The second-order valence-corrected chi connectivity index (χ2v) is 5.63. The minimum atomic E-state index is -0.358. The van der Waals surface area contributed by atoms with Crippen LogP contribution in [0.15, 0.2) is 11.4 Å². The molecule has 18 heavy (non-hydrogen) atoms. The molecule has 6 heteroatoms. The fourth-order valence-electron chi connectivity index (χ4n) is 1.96. The molecule has 98 valence electrons. The number of rotatable bonds is 4. The number of anilines is 1. The van der Waals surface area contributed by atoms with Gasteiger partial charge in [0.1, 0.15) is 5.00 Å². The Hall–Kier alpha value is -0.880. The summed E-state index contributed by atoms with van der Waals surface area (Å²) >= 11 is 4.81. The molecule has 2 heterocycles. The number of halogens is 1. The maximum atomic E-state index is 11.9. The normalized spacial score (nSPS) is 19.3. The molecule has 0 saturated carbocycles. The van der Waals surface area contributed by atoms with Gasteiger partial charge in [-0.3, -0.25) is 4.79 Å². The van der Waals surface area contributed by atoms with Gasteiger partial charge in [-0.15, -0.1) is 11.3 Å². The molecular formula is C12H14BrNO3S. The zero-order valence-electron chi connectivity index (χ0n) is 10.0. The molecule has 0 spiro atoms. The van der Waals surface area contributed by atoms with E-state index in [4.69, 9.17) is 4.74 Å². The molecule has 4 nitrogen and oxygen atoms in total. The number of thiophene rings is 1. The van der Waals surface area contributed by atoms with Crippen molar-refractivity contribution in [2.24, 2.45) is 5.92 Å². The van der Waals surface area contributed by atoms with E-state index < -0.39 is 0 Å². The van der Waals surface area contributed by atoms with Crippen LogP contribution in [0.3, 0.4) is 0 Å². The van der Waals surface area contributed by atoms with Gasteiger partial charge in [-0.25, -0.2) is 4.79 Å². The van der Waals surface area contributed by atoms with E-state index in [1.807, 2.05) is 5.38 Å². The van der Waals surface area contributed by atoms with Crippen LogP contribution < -0.4 is 4.90 Å². The SMILES string of the molecule is CCOC(=O)c1ccsc1N1CC(CBr)CC1=O. The Morgan fingerprint density at radius 3 is 3.06 bits per heavy atom. The summed E-state index contributed by atoms with van der Waals surface area (Å²) in [5.41, 5.74) is 0.491. The zero-order chi connectivity index (χ0) is 13.1. The van der Waals surface area contributed by atoms with Crippen LogP contribution in [0.5, 0.6) is 0 Å². The first-order chi connectivity index (χ1) is 8.67. The van der Waals surface area contributed by atoms with Gasteiger partial charge in [0.05, 0.1) is 12.2 Å². The highest BCUT2D eigenvalue weighted by molar-refractivity contribution is 9.09. The molecule has 0 aliphatic carbocycles. The van der Waals surface area contributed by atoms with Crippen LogP contribution >= 0.6 is 27.3 Å². The number of nitrogens with zero attached hydrogens (tertiary/aromatic N) is 1. The van der Waals surface area contributed by atoms with Crippen LogP contribution in [0, 0.1) is 5.92 Å². The Balaban J connectivity index is 2.21. The smallest absolute Gasteiger partial charge is 0.341 e. The van der Waals surface area contributed by atoms with Crippen molar-refractivity contribution in [2.45, 2.75) is 13.3 Å². The van der Waals surface area contributed by atoms with Crippen molar-refractivity contribution in [3.8, 4) is 0 Å². The van der Waals surface area contributed by atoms with Gasteiger partial charge >= 0.3 is 5.97 Å². The largest absolute Gasteiger partial charge is 0.462 e. The minimum absolute atomic E-state index is 0.0763. The second kappa shape index (κ2) is 5.84. The van der Waals surface area contributed by atoms with Gasteiger partial charge in [0.15, 0.2) is 0 Å². The van der Waals surface area contributed by atoms with Gasteiger partial charge in [-0.1, -0.05) is 15.9 Å². The first-order valence-corrected chi connectivity index (χ1v) is 7.78. The summed E-state index contributed by atoms with van der Waals surface area (Å²) in [7, 11) is 0. The van der Waals surface area contributed by atoms with E-state index in [-0.39, 0.29) is 11.9 Å². The van der Waals surface area contributed by atoms with Crippen molar-refractivity contribution >= 4 is 44.1 Å². The molecule has 1 saturated heterocycles. The number of alkyl halides is 1. The van der Waals surface area contributed by atoms with Gasteiger partial charge < -0.3 is 9.64 Å². The molecular weight excluding hydrogens is 318 g/mol. The van der Waals surface area contributed by atoms with Crippen LogP contribution in [-0.2, 0) is 9.53 Å². The molecule has 1 aliphatic heterocycles. The van der Waals surface area contributed by atoms with E-state index in [0.717, 1.165) is 5.33 Å². The Morgan fingerprint density at radius 2 is 2.44 bits per heavy atom. The molecule has 1 atom stereocenters. The van der Waals surface area contributed by atoms with Crippen LogP contribution in [0.4, 0.5) is 5.00 Å². The quantitative estimate of drug-likeness (QED) is 0.629. The monoisotopic (exact) mass is 331 g/mol. The highest BCUT2D eigenvalue weighted by Crippen LogP contribution is 2.33. The lowest BCUT2D eigenvalue weighted by atomic mass is 10.2. The van der Waals surface area contributed by atoms with Crippen molar-refractivity contribution in [2.75, 3.05) is 23.4 Å². The fourth-order valence-corrected chi connectivity index (χ4v) is 3.30. The molecule has 2 rings (SSSR count). The maximum Gasteiger partial charge on any atom is 0.341 e. The Labute approximate surface area is 118 Å². The molecule has 0 bridgehead atoms. The Kier molecular flexibility index (Phi) is 4.40. The van der Waals surface area contributed by atoms with Crippen molar-refractivity contribution in [1.82, 2.24) is 0 Å². The third-order valence-corrected chi connectivity index (χ3v) is 4.66. The van der Waals surface area contributed by atoms with Crippen molar-refractivity contribution in [3.63, 3.8) is 0 Å². The fraction of sp³-hybridized carbons (Fsp3) is 0.500. The van der Waals surface area contributed by atoms with E-state index in [2.05, 4.69) is 15.9 Å². The topological polar surface area (TPSA) is 46.6 Å². The van der Waals surface area contributed by atoms with E-state index in [1.54, 1.807) is 17.9 Å². The molecule has 1 aromatic heterocycles. The van der Waals surface area contributed by atoms with E-state index >= 15 is 0 Å². The summed E-state index contributed by atoms with van der Waals surface area (Å²) in [6.07, 6.45) is 0.533. The van der Waals surface area contributed by atoms with Gasteiger partial charge in [-0.2, -0.15) is 0 Å². The lowest BCUT2D eigenvalue weighted by Crippen LogP contribution is -2.25. The second-order valence-electron chi connectivity index (χ2n) is 4.09. The zero-order valence-corrected chi connectivity index (χ0v) is 12.4. The summed E-state index contributed by atoms with van der Waals surface area (Å²) < 4.78 is 5.00. The molecule has 0 radical (unpaired) electrons. The van der Waals surface area contributed by atoms with E-state index in [9.17, 15) is 9.59 Å². The number of amides is 1. The highest BCUT2D eigenvalue weighted by Gasteiger charge is 2.33. The summed E-state index contributed by atoms with van der Waals surface area (Å²) in [5, 5.41) is 3.33. The first-order valence-electron chi connectivity index (χ1n) is 5.78. The number of esters is 1. The molecule has 0 aromatic carbocycles. The standard InChI is InChI=1S/C12H14BrNO3S/c1-2-17-12(16)9-3-4-18-11(9)14-7-8(6-13)5-10(14)15/h3-4,8H,2,5-7H2,1H3. The van der Waals surface area contributed by atoms with Gasteiger partial charge in [0.2, 0.25) is 5.91 Å². The predicted molar refractivity (Wildman–Crippen MR) is 74.5 cm³/mol. The summed E-state index contributed by atoms with van der Waals surface area (Å²) in [6.45, 7) is 2.77. The van der Waals surface area contributed by atoms with Crippen molar-refractivity contribution in [1.29, 1.82) is 0 Å². The molecule has 1 aromatic rings. The number of hydrogen-bond donors (Lipinski definition) is 0. The Morgan fingerprint density at radius 1 is 1.67 bits per heavy atom. The van der Waals surface area contributed by atoms with Gasteiger partial charge in [-0.05, 0) is 24.3 Å². The summed E-state index contributed by atoms with van der Waals surface area (Å²) in [4.78, 5) is 25.4. The molecule has 0 N–H and O–H groups in total. The lowest BCUT2D eigenvalue weighted by Gasteiger charge is -2.15. The van der Waals surface area contributed by atoms with Crippen LogP contribution in [0.25, 0.3) is 0 Å². The average Bonchev–Trinajstić information content (AvgIpc) is 2.94. The van der Waals surface area contributed by atoms with Crippen LogP contribution in [0.2, 0.25) is 0 Å². The third-order valence-electron chi connectivity index (χ3n) is 2.81. The van der Waals surface area contributed by atoms with Crippen LogP contribution in [0.1, 0.15) is 23.7 Å². The number of carbonyl (C=O) groups excluding carboxylic acids is 2. The van der Waals surface area contributed by atoms with E-state index in [0.29, 0.717) is 36.1 Å². The first kappa shape index (κ1) is 13.5. The summed E-state index contributed by atoms with van der Waals surface area (Å²) in [6, 6.07) is 1.72. The van der Waals surface area contributed by atoms with Crippen molar-refractivity contribution < 1.29 is 14.3 Å². The van der Waals surface area contributed by atoms with Gasteiger partial charge in [0.25, 0.3) is 0 Å². The maximum absolute atomic E-state index is 11.9. The van der Waals surface area contributed by atoms with Crippen LogP contribution in [-0.4, -0.2) is 30.4 Å². The molecule has 1 amide bonds. The van der Waals surface area contributed by atoms with Crippen molar-refractivity contribution in [3.05, 3.63) is 17.0 Å². The third kappa shape index (κ3) is 2.59.